The lowest BCUT2D eigenvalue weighted by atomic mass is 9.66. The average molecular weight is 299 g/mol. The van der Waals surface area contributed by atoms with Crippen LogP contribution in [0.15, 0.2) is 60.7 Å². The molecular weight excluding hydrogens is 282 g/mol. The lowest BCUT2D eigenvalue weighted by molar-refractivity contribution is 0.442. The van der Waals surface area contributed by atoms with Gasteiger partial charge >= 0.3 is 0 Å². The van der Waals surface area contributed by atoms with Crippen LogP contribution in [-0.4, -0.2) is 0 Å². The van der Waals surface area contributed by atoms with Crippen molar-refractivity contribution in [1.29, 1.82) is 15.8 Å². The molecular formula is C20H17N3. The second kappa shape index (κ2) is 7.79. The Balaban J connectivity index is 2.58. The van der Waals surface area contributed by atoms with Gasteiger partial charge in [0.1, 0.15) is 5.41 Å². The Kier molecular flexibility index (Phi) is 5.51. The molecule has 0 heterocycles. The maximum atomic E-state index is 10.1. The first-order valence-electron chi connectivity index (χ1n) is 7.58. The van der Waals surface area contributed by atoms with Gasteiger partial charge in [-0.25, -0.2) is 0 Å². The second-order valence-electron chi connectivity index (χ2n) is 5.38. The monoisotopic (exact) mass is 299 g/mol. The number of nitrogens with zero attached hydrogens (tertiary/aromatic N) is 3. The van der Waals surface area contributed by atoms with E-state index < -0.39 is 11.3 Å². The first kappa shape index (κ1) is 16.3. The zero-order valence-electron chi connectivity index (χ0n) is 12.8. The van der Waals surface area contributed by atoms with E-state index in [4.69, 9.17) is 5.26 Å². The smallest absolute Gasteiger partial charge is 0.123 e. The summed E-state index contributed by atoms with van der Waals surface area (Å²) in [6.45, 7) is 0. The van der Waals surface area contributed by atoms with E-state index in [1.54, 1.807) is 0 Å². The minimum atomic E-state index is -1.02. The Hall–Kier alpha value is -3.09. The molecule has 0 aliphatic rings. The van der Waals surface area contributed by atoms with Crippen molar-refractivity contribution in [3.05, 3.63) is 71.8 Å². The molecule has 0 aliphatic heterocycles. The zero-order chi connectivity index (χ0) is 16.5. The molecule has 2 aromatic rings. The summed E-state index contributed by atoms with van der Waals surface area (Å²) in [6.07, 6.45) is 1.52. The third kappa shape index (κ3) is 3.23. The molecule has 0 aliphatic carbocycles. The third-order valence-corrected chi connectivity index (χ3v) is 4.09. The molecule has 0 saturated heterocycles. The largest absolute Gasteiger partial charge is 0.198 e. The minimum Gasteiger partial charge on any atom is -0.198 e. The predicted octanol–water partition coefficient (Wildman–Crippen LogP) is 4.33. The highest BCUT2D eigenvalue weighted by atomic mass is 14.5. The molecule has 3 heteroatoms. The topological polar surface area (TPSA) is 71.4 Å². The fourth-order valence-corrected chi connectivity index (χ4v) is 2.94. The molecule has 0 bridgehead atoms. The SMILES string of the molecule is N#CCCCC(C#N)C(C#N)(c1ccccc1)c1ccccc1. The number of rotatable bonds is 6. The van der Waals surface area contributed by atoms with Crippen molar-refractivity contribution >= 4 is 0 Å². The second-order valence-corrected chi connectivity index (χ2v) is 5.38. The van der Waals surface area contributed by atoms with Crippen molar-refractivity contribution in [1.82, 2.24) is 0 Å². The zero-order valence-corrected chi connectivity index (χ0v) is 12.8. The molecule has 0 fully saturated rings. The summed E-state index contributed by atoms with van der Waals surface area (Å²) in [5, 5.41) is 28.6. The Morgan fingerprint density at radius 3 is 1.74 bits per heavy atom. The van der Waals surface area contributed by atoms with Gasteiger partial charge in [-0.1, -0.05) is 60.7 Å². The Bertz CT molecular complexity index is 706. The Morgan fingerprint density at radius 2 is 1.35 bits per heavy atom. The number of nitriles is 3. The van der Waals surface area contributed by atoms with Crippen molar-refractivity contribution in [2.75, 3.05) is 0 Å². The summed E-state index contributed by atoms with van der Waals surface area (Å²) in [4.78, 5) is 0. The van der Waals surface area contributed by atoms with E-state index in [1.807, 2.05) is 60.7 Å². The van der Waals surface area contributed by atoms with Gasteiger partial charge in [-0.2, -0.15) is 15.8 Å². The van der Waals surface area contributed by atoms with E-state index in [-0.39, 0.29) is 0 Å². The maximum Gasteiger partial charge on any atom is 0.123 e. The number of benzene rings is 2. The molecule has 1 atom stereocenters. The van der Waals surface area contributed by atoms with Crippen LogP contribution >= 0.6 is 0 Å². The van der Waals surface area contributed by atoms with E-state index >= 15 is 0 Å². The summed E-state index contributed by atoms with van der Waals surface area (Å²) in [5.41, 5.74) is 0.613. The quantitative estimate of drug-likeness (QED) is 0.745. The van der Waals surface area contributed by atoms with Crippen LogP contribution in [0.2, 0.25) is 0 Å². The molecule has 3 nitrogen and oxygen atoms in total. The highest BCUT2D eigenvalue weighted by Gasteiger charge is 2.42. The normalized spacial score (nSPS) is 11.7. The first-order chi connectivity index (χ1) is 11.3. The molecule has 0 radical (unpaired) electrons. The van der Waals surface area contributed by atoms with Crippen LogP contribution in [0.4, 0.5) is 0 Å². The highest BCUT2D eigenvalue weighted by molar-refractivity contribution is 5.48. The van der Waals surface area contributed by atoms with Gasteiger partial charge in [0.05, 0.1) is 24.1 Å². The lowest BCUT2D eigenvalue weighted by Gasteiger charge is -2.32. The molecule has 0 saturated carbocycles. The fourth-order valence-electron chi connectivity index (χ4n) is 2.94. The van der Waals surface area contributed by atoms with E-state index in [1.165, 1.54) is 0 Å². The van der Waals surface area contributed by atoms with Crippen LogP contribution in [0.5, 0.6) is 0 Å². The van der Waals surface area contributed by atoms with Crippen LogP contribution in [0, 0.1) is 39.9 Å². The highest BCUT2D eigenvalue weighted by Crippen LogP contribution is 2.41. The number of hydrogen-bond donors (Lipinski definition) is 0. The number of hydrogen-bond acceptors (Lipinski definition) is 3. The summed E-state index contributed by atoms with van der Waals surface area (Å²) in [7, 11) is 0. The molecule has 0 amide bonds. The Morgan fingerprint density at radius 1 is 0.826 bits per heavy atom. The molecule has 0 spiro atoms. The fraction of sp³-hybridized carbons (Fsp3) is 0.250. The Labute approximate surface area is 137 Å². The molecule has 112 valence electrons. The first-order valence-corrected chi connectivity index (χ1v) is 7.58. The average Bonchev–Trinajstić information content (AvgIpc) is 2.63. The van der Waals surface area contributed by atoms with Crippen LogP contribution in [0.25, 0.3) is 0 Å². The van der Waals surface area contributed by atoms with Gasteiger partial charge in [-0.15, -0.1) is 0 Å². The van der Waals surface area contributed by atoms with Crippen LogP contribution in [0.1, 0.15) is 30.4 Å². The molecule has 1 unspecified atom stereocenters. The van der Waals surface area contributed by atoms with E-state index in [2.05, 4.69) is 18.2 Å². The summed E-state index contributed by atoms with van der Waals surface area (Å²) >= 11 is 0. The van der Waals surface area contributed by atoms with Crippen molar-refractivity contribution in [3.63, 3.8) is 0 Å². The molecule has 0 aromatic heterocycles. The molecule has 23 heavy (non-hydrogen) atoms. The van der Waals surface area contributed by atoms with Crippen molar-refractivity contribution < 1.29 is 0 Å². The molecule has 2 aromatic carbocycles. The lowest BCUT2D eigenvalue weighted by Crippen LogP contribution is -2.34. The standard InChI is InChI=1S/C20H17N3/c21-14-8-7-13-19(15-22)20(16-23,17-9-3-1-4-10-17)18-11-5-2-6-12-18/h1-6,9-12,19H,7-8,13H2. The van der Waals surface area contributed by atoms with Gasteiger partial charge in [-0.05, 0) is 24.0 Å². The van der Waals surface area contributed by atoms with Crippen LogP contribution in [-0.2, 0) is 5.41 Å². The van der Waals surface area contributed by atoms with Crippen molar-refractivity contribution in [2.24, 2.45) is 5.92 Å². The number of unbranched alkanes of at least 4 members (excludes halogenated alkanes) is 1. The van der Waals surface area contributed by atoms with Gasteiger partial charge in [-0.3, -0.25) is 0 Å². The van der Waals surface area contributed by atoms with Gasteiger partial charge in [0.2, 0.25) is 0 Å². The summed E-state index contributed by atoms with van der Waals surface area (Å²) in [5.74, 6) is -0.509. The molecule has 2 rings (SSSR count). The predicted molar refractivity (Wildman–Crippen MR) is 87.8 cm³/mol. The van der Waals surface area contributed by atoms with Gasteiger partial charge in [0.15, 0.2) is 0 Å². The van der Waals surface area contributed by atoms with E-state index in [0.29, 0.717) is 19.3 Å². The maximum absolute atomic E-state index is 10.1. The van der Waals surface area contributed by atoms with Gasteiger partial charge < -0.3 is 0 Å². The van der Waals surface area contributed by atoms with Gasteiger partial charge in [0, 0.05) is 6.42 Å². The van der Waals surface area contributed by atoms with Crippen molar-refractivity contribution in [3.8, 4) is 18.2 Å². The minimum absolute atomic E-state index is 0.392. The van der Waals surface area contributed by atoms with E-state index in [9.17, 15) is 10.5 Å². The third-order valence-electron chi connectivity index (χ3n) is 4.09. The van der Waals surface area contributed by atoms with Crippen LogP contribution in [0.3, 0.4) is 0 Å². The van der Waals surface area contributed by atoms with Crippen molar-refractivity contribution in [2.45, 2.75) is 24.7 Å². The summed E-state index contributed by atoms with van der Waals surface area (Å²) in [6, 6.07) is 25.7. The van der Waals surface area contributed by atoms with Gasteiger partial charge in [0.25, 0.3) is 0 Å². The van der Waals surface area contributed by atoms with E-state index in [0.717, 1.165) is 11.1 Å². The van der Waals surface area contributed by atoms with Crippen LogP contribution < -0.4 is 0 Å². The molecule has 0 N–H and O–H groups in total. The summed E-state index contributed by atoms with van der Waals surface area (Å²) < 4.78 is 0.